The molecular formula is C14H23B4NO3. The van der Waals surface area contributed by atoms with Gasteiger partial charge in [0.15, 0.2) is 0 Å². The van der Waals surface area contributed by atoms with Crippen LogP contribution in [0, 0.1) is 11.8 Å². The maximum absolute atomic E-state index is 12.1. The number of rotatable bonds is 0. The molecule has 1 heterocycles. The maximum atomic E-state index is 12.1. The fourth-order valence-electron chi connectivity index (χ4n) is 3.13. The molecule has 1 saturated carbocycles. The zero-order valence-electron chi connectivity index (χ0n) is 14.2. The van der Waals surface area contributed by atoms with Crippen LogP contribution in [0.25, 0.3) is 0 Å². The van der Waals surface area contributed by atoms with Gasteiger partial charge in [-0.1, -0.05) is 24.3 Å². The molecule has 2 atom stereocenters. The number of hydrogen-bond acceptors (Lipinski definition) is 3. The average Bonchev–Trinajstić information content (AvgIpc) is 2.88. The summed E-state index contributed by atoms with van der Waals surface area (Å²) in [5, 5.41) is 7.24. The summed E-state index contributed by atoms with van der Waals surface area (Å²) in [5.41, 5.74) is -0.584. The quantitative estimate of drug-likeness (QED) is 0.672. The van der Waals surface area contributed by atoms with Gasteiger partial charge >= 0.3 is 6.09 Å². The second kappa shape index (κ2) is 6.18. The van der Waals surface area contributed by atoms with Gasteiger partial charge in [-0.15, -0.1) is 0 Å². The van der Waals surface area contributed by atoms with E-state index < -0.39 is 28.2 Å². The highest BCUT2D eigenvalue weighted by Gasteiger charge is 2.60. The first-order valence-electron chi connectivity index (χ1n) is 7.69. The Labute approximate surface area is 139 Å². The Morgan fingerprint density at radius 2 is 1.45 bits per heavy atom. The normalized spacial score (nSPS) is 31.9. The first-order valence-corrected chi connectivity index (χ1v) is 7.69. The van der Waals surface area contributed by atoms with E-state index in [0.29, 0.717) is 0 Å². The number of nitrogens with zero attached hydrogens (tertiary/aromatic N) is 1. The first-order chi connectivity index (χ1) is 9.87. The van der Waals surface area contributed by atoms with Crippen molar-refractivity contribution in [2.45, 2.75) is 56.8 Å². The van der Waals surface area contributed by atoms with Crippen LogP contribution in [0.3, 0.4) is 0 Å². The Bertz CT molecular complexity index is 399. The van der Waals surface area contributed by atoms with Gasteiger partial charge in [-0.2, -0.15) is 0 Å². The number of hydrogen-bond donors (Lipinski definition) is 1. The van der Waals surface area contributed by atoms with Gasteiger partial charge in [0.25, 0.3) is 0 Å². The molecule has 8 heteroatoms. The van der Waals surface area contributed by atoms with Gasteiger partial charge in [0.1, 0.15) is 5.60 Å². The van der Waals surface area contributed by atoms with Crippen LogP contribution in [0.4, 0.5) is 4.79 Å². The molecule has 0 spiro atoms. The van der Waals surface area contributed by atoms with Crippen molar-refractivity contribution >= 4 is 37.5 Å². The zero-order chi connectivity index (χ0) is 17.5. The lowest BCUT2D eigenvalue weighted by atomic mass is 9.43. The van der Waals surface area contributed by atoms with Crippen LogP contribution in [-0.2, 0) is 4.74 Å². The number of fused-ring (bicyclic) bond motifs is 1. The predicted molar refractivity (Wildman–Crippen MR) is 90.5 cm³/mol. The third-order valence-electron chi connectivity index (χ3n) is 4.20. The van der Waals surface area contributed by atoms with E-state index in [4.69, 9.17) is 36.1 Å². The summed E-state index contributed by atoms with van der Waals surface area (Å²) in [6, 6.07) is 0. The molecule has 2 rings (SSSR count). The van der Waals surface area contributed by atoms with Crippen LogP contribution in [0.2, 0.25) is 10.4 Å². The summed E-state index contributed by atoms with van der Waals surface area (Å²) in [6.07, 6.45) is -1.67. The van der Waals surface area contributed by atoms with Crippen LogP contribution in [-0.4, -0.2) is 72.3 Å². The minimum absolute atomic E-state index is 0.278. The third-order valence-corrected chi connectivity index (χ3v) is 4.20. The van der Waals surface area contributed by atoms with Gasteiger partial charge in [0.2, 0.25) is 0 Å². The molecule has 8 radical (unpaired) electrons. The molecule has 1 saturated heterocycles. The molecule has 1 N–H and O–H groups in total. The minimum atomic E-state index is -1.41. The molecule has 0 aromatic rings. The van der Waals surface area contributed by atoms with E-state index in [1.807, 2.05) is 13.8 Å². The number of aliphatic hydroxyl groups excluding tert-OH is 1. The van der Waals surface area contributed by atoms with Crippen molar-refractivity contribution < 1.29 is 14.6 Å². The molecule has 22 heavy (non-hydrogen) atoms. The van der Waals surface area contributed by atoms with Crippen LogP contribution >= 0.6 is 0 Å². The van der Waals surface area contributed by atoms with Crippen LogP contribution in [0.1, 0.15) is 34.6 Å². The van der Waals surface area contributed by atoms with Gasteiger partial charge in [-0.25, -0.2) is 4.79 Å². The van der Waals surface area contributed by atoms with E-state index in [-0.39, 0.29) is 24.9 Å². The van der Waals surface area contributed by atoms with E-state index in [1.54, 1.807) is 20.8 Å². The van der Waals surface area contributed by atoms with Gasteiger partial charge < -0.3 is 14.7 Å². The second-order valence-corrected chi connectivity index (χ2v) is 7.00. The van der Waals surface area contributed by atoms with E-state index in [1.165, 1.54) is 4.90 Å². The Hall–Kier alpha value is -0.510. The lowest BCUT2D eigenvalue weighted by Crippen LogP contribution is -2.42. The number of amides is 1. The Balaban J connectivity index is 0.00000116. The average molecular weight is 297 g/mol. The van der Waals surface area contributed by atoms with Crippen molar-refractivity contribution in [1.29, 1.82) is 0 Å². The highest BCUT2D eigenvalue weighted by molar-refractivity contribution is 6.47. The van der Waals surface area contributed by atoms with Crippen LogP contribution < -0.4 is 0 Å². The van der Waals surface area contributed by atoms with Crippen LogP contribution in [0.15, 0.2) is 0 Å². The SMILES string of the molecule is CC.[B]C1([B])C2CN(C(=O)OC(C)(C)C)CC2C([B])([B])C1O. The Morgan fingerprint density at radius 3 is 1.77 bits per heavy atom. The van der Waals surface area contributed by atoms with E-state index in [2.05, 4.69) is 0 Å². The minimum Gasteiger partial charge on any atom is -0.444 e. The van der Waals surface area contributed by atoms with E-state index in [0.717, 1.165) is 0 Å². The van der Waals surface area contributed by atoms with Crippen molar-refractivity contribution in [2.24, 2.45) is 11.8 Å². The Morgan fingerprint density at radius 1 is 1.09 bits per heavy atom. The molecule has 0 aromatic heterocycles. The summed E-state index contributed by atoms with van der Waals surface area (Å²) in [6.45, 7) is 9.92. The molecule has 2 fully saturated rings. The summed E-state index contributed by atoms with van der Waals surface area (Å²) < 4.78 is 5.31. The molecule has 0 bridgehead atoms. The summed E-state index contributed by atoms with van der Waals surface area (Å²) >= 11 is 0. The summed E-state index contributed by atoms with van der Waals surface area (Å²) in [7, 11) is 23.8. The third kappa shape index (κ3) is 3.37. The van der Waals surface area contributed by atoms with Crippen molar-refractivity contribution in [3.8, 4) is 0 Å². The standard InChI is InChI=1S/C12H17B4NO3.C2H6/c1-10(2,3)20-9(19)17-4-6-7(5-17)12(15,16)8(18)11(6,13)14;1-2/h6-8,18H,4-5H2,1-3H3;1-2H3. The monoisotopic (exact) mass is 297 g/mol. The first kappa shape index (κ1) is 19.5. The fraction of sp³-hybridized carbons (Fsp3) is 0.929. The van der Waals surface area contributed by atoms with Crippen molar-refractivity contribution in [1.82, 2.24) is 4.90 Å². The number of carbonyl (C=O) groups is 1. The molecule has 2 unspecified atom stereocenters. The van der Waals surface area contributed by atoms with Gasteiger partial charge in [-0.3, -0.25) is 0 Å². The zero-order valence-corrected chi connectivity index (χ0v) is 14.2. The number of ether oxygens (including phenoxy) is 1. The highest BCUT2D eigenvalue weighted by atomic mass is 16.6. The number of carbonyl (C=O) groups excluding carboxylic acids is 1. The van der Waals surface area contributed by atoms with E-state index >= 15 is 0 Å². The molecule has 1 amide bonds. The summed E-state index contributed by atoms with van der Waals surface area (Å²) in [5.74, 6) is -0.722. The van der Waals surface area contributed by atoms with E-state index in [9.17, 15) is 9.90 Å². The Kier molecular flexibility index (Phi) is 5.49. The maximum Gasteiger partial charge on any atom is 0.410 e. The molecule has 1 aliphatic heterocycles. The fourth-order valence-corrected chi connectivity index (χ4v) is 3.13. The van der Waals surface area contributed by atoms with Crippen molar-refractivity contribution in [2.75, 3.05) is 13.1 Å². The molecule has 2 aliphatic rings. The van der Waals surface area contributed by atoms with Gasteiger partial charge in [0, 0.05) is 19.2 Å². The molecule has 114 valence electrons. The molecular weight excluding hydrogens is 273 g/mol. The number of likely N-dealkylation sites (tertiary alicyclic amines) is 1. The summed E-state index contributed by atoms with van der Waals surface area (Å²) in [4.78, 5) is 13.6. The van der Waals surface area contributed by atoms with Crippen molar-refractivity contribution in [3.63, 3.8) is 0 Å². The lowest BCUT2D eigenvalue weighted by Gasteiger charge is -2.37. The second-order valence-electron chi connectivity index (χ2n) is 7.00. The van der Waals surface area contributed by atoms with Crippen molar-refractivity contribution in [3.05, 3.63) is 0 Å². The molecule has 0 aromatic carbocycles. The smallest absolute Gasteiger partial charge is 0.410 e. The molecule has 1 aliphatic carbocycles. The van der Waals surface area contributed by atoms with Gasteiger partial charge in [-0.05, 0) is 32.6 Å². The topological polar surface area (TPSA) is 49.8 Å². The lowest BCUT2D eigenvalue weighted by molar-refractivity contribution is 0.0263. The van der Waals surface area contributed by atoms with Crippen LogP contribution in [0.5, 0.6) is 0 Å². The highest BCUT2D eigenvalue weighted by Crippen LogP contribution is 2.61. The predicted octanol–water partition coefficient (Wildman–Crippen LogP) is 0.777. The van der Waals surface area contributed by atoms with Gasteiger partial charge in [0.05, 0.1) is 31.4 Å². The largest absolute Gasteiger partial charge is 0.444 e. The number of aliphatic hydroxyl groups is 1. The molecule has 4 nitrogen and oxygen atoms in total.